The number of benzene rings is 2. The molecule has 3 aromatic rings. The third kappa shape index (κ3) is 3.09. The predicted molar refractivity (Wildman–Crippen MR) is 80.7 cm³/mol. The normalized spacial score (nSPS) is 10.4. The van der Waals surface area contributed by atoms with Crippen LogP contribution in [0.25, 0.3) is 11.3 Å². The number of hydrogen-bond donors (Lipinski definition) is 1. The highest BCUT2D eigenvalue weighted by atomic mass is 19.1. The number of halogens is 1. The average molecular weight is 328 g/mol. The van der Waals surface area contributed by atoms with Gasteiger partial charge in [-0.15, -0.1) is 0 Å². The van der Waals surface area contributed by atoms with Crippen LogP contribution in [0.2, 0.25) is 0 Å². The Morgan fingerprint density at radius 3 is 2.38 bits per heavy atom. The zero-order chi connectivity index (χ0) is 17.1. The summed E-state index contributed by atoms with van der Waals surface area (Å²) in [5, 5.41) is 20.4. The minimum absolute atomic E-state index is 0.0601. The molecule has 0 aliphatic heterocycles. The van der Waals surface area contributed by atoms with E-state index < -0.39 is 16.6 Å². The molecule has 8 nitrogen and oxygen atoms in total. The van der Waals surface area contributed by atoms with Gasteiger partial charge in [0.2, 0.25) is 5.82 Å². The lowest BCUT2D eigenvalue weighted by Crippen LogP contribution is -2.12. The summed E-state index contributed by atoms with van der Waals surface area (Å²) in [7, 11) is 0. The number of carbonyl (C=O) groups excluding carboxylic acids is 1. The van der Waals surface area contributed by atoms with E-state index in [0.717, 1.165) is 0 Å². The molecule has 24 heavy (non-hydrogen) atoms. The molecule has 0 radical (unpaired) electrons. The van der Waals surface area contributed by atoms with Crippen molar-refractivity contribution in [2.75, 3.05) is 5.32 Å². The van der Waals surface area contributed by atoms with E-state index in [2.05, 4.69) is 20.3 Å². The standard InChI is InChI=1S/C15H9FN4O4/c16-11-5-1-9(2-6-11)13-14(19-24-18-13)17-15(21)10-3-7-12(8-4-10)20(22)23/h1-8H,(H,17,19,21). The van der Waals surface area contributed by atoms with Crippen LogP contribution < -0.4 is 5.32 Å². The summed E-state index contributed by atoms with van der Waals surface area (Å²) in [6.45, 7) is 0. The molecule has 0 bridgehead atoms. The molecule has 0 aliphatic rings. The molecule has 3 rings (SSSR count). The Labute approximate surface area is 134 Å². The molecule has 0 atom stereocenters. The highest BCUT2D eigenvalue weighted by molar-refractivity contribution is 6.05. The van der Waals surface area contributed by atoms with Crippen molar-refractivity contribution in [1.82, 2.24) is 10.3 Å². The van der Waals surface area contributed by atoms with Crippen molar-refractivity contribution in [3.63, 3.8) is 0 Å². The summed E-state index contributed by atoms with van der Waals surface area (Å²) in [5.74, 6) is -0.888. The highest BCUT2D eigenvalue weighted by Crippen LogP contribution is 2.25. The molecular formula is C15H9FN4O4. The summed E-state index contributed by atoms with van der Waals surface area (Å²) in [4.78, 5) is 22.2. The van der Waals surface area contributed by atoms with E-state index in [9.17, 15) is 19.3 Å². The third-order valence-electron chi connectivity index (χ3n) is 3.18. The van der Waals surface area contributed by atoms with Crippen molar-refractivity contribution in [3.8, 4) is 11.3 Å². The van der Waals surface area contributed by atoms with E-state index in [-0.39, 0.29) is 22.8 Å². The number of non-ortho nitro benzene ring substituents is 1. The number of nitrogens with zero attached hydrogens (tertiary/aromatic N) is 3. The van der Waals surface area contributed by atoms with E-state index in [1.807, 2.05) is 0 Å². The second-order valence-corrected chi connectivity index (χ2v) is 4.73. The van der Waals surface area contributed by atoms with Crippen molar-refractivity contribution in [2.45, 2.75) is 0 Å². The maximum Gasteiger partial charge on any atom is 0.269 e. The third-order valence-corrected chi connectivity index (χ3v) is 3.18. The van der Waals surface area contributed by atoms with Crippen molar-refractivity contribution in [2.24, 2.45) is 0 Å². The van der Waals surface area contributed by atoms with Crippen molar-refractivity contribution in [1.29, 1.82) is 0 Å². The number of carbonyl (C=O) groups is 1. The first kappa shape index (κ1) is 15.3. The monoisotopic (exact) mass is 328 g/mol. The van der Waals surface area contributed by atoms with Gasteiger partial charge in [-0.2, -0.15) is 0 Å². The van der Waals surface area contributed by atoms with Gasteiger partial charge in [-0.1, -0.05) is 0 Å². The van der Waals surface area contributed by atoms with Crippen LogP contribution >= 0.6 is 0 Å². The number of nitro benzene ring substituents is 1. The van der Waals surface area contributed by atoms with Gasteiger partial charge in [-0.25, -0.2) is 9.02 Å². The number of amides is 1. The summed E-state index contributed by atoms with van der Waals surface area (Å²) >= 11 is 0. The lowest BCUT2D eigenvalue weighted by molar-refractivity contribution is -0.384. The van der Waals surface area contributed by atoms with Crippen LogP contribution in [0.15, 0.2) is 53.2 Å². The molecule has 0 saturated carbocycles. The first-order valence-electron chi connectivity index (χ1n) is 6.69. The van der Waals surface area contributed by atoms with Crippen LogP contribution in [0.4, 0.5) is 15.9 Å². The minimum atomic E-state index is -0.560. The second kappa shape index (κ2) is 6.24. The van der Waals surface area contributed by atoms with Crippen LogP contribution in [0, 0.1) is 15.9 Å². The molecule has 1 heterocycles. The smallest absolute Gasteiger partial charge is 0.269 e. The van der Waals surface area contributed by atoms with Gasteiger partial charge < -0.3 is 5.32 Å². The van der Waals surface area contributed by atoms with Gasteiger partial charge in [-0.3, -0.25) is 14.9 Å². The van der Waals surface area contributed by atoms with Crippen LogP contribution in [-0.2, 0) is 0 Å². The molecule has 120 valence electrons. The van der Waals surface area contributed by atoms with Gasteiger partial charge in [0.15, 0.2) is 5.69 Å². The molecule has 1 N–H and O–H groups in total. The number of hydrogen-bond acceptors (Lipinski definition) is 6. The van der Waals surface area contributed by atoms with Crippen molar-refractivity contribution >= 4 is 17.4 Å². The molecule has 1 amide bonds. The molecule has 0 aliphatic carbocycles. The number of aromatic nitrogens is 2. The molecule has 0 fully saturated rings. The summed E-state index contributed by atoms with van der Waals surface area (Å²) < 4.78 is 17.6. The maximum atomic E-state index is 13.0. The Kier molecular flexibility index (Phi) is 3.98. The largest absolute Gasteiger partial charge is 0.302 e. The fourth-order valence-corrected chi connectivity index (χ4v) is 1.98. The molecule has 9 heteroatoms. The van der Waals surface area contributed by atoms with E-state index in [4.69, 9.17) is 0 Å². The first-order valence-corrected chi connectivity index (χ1v) is 6.69. The van der Waals surface area contributed by atoms with Gasteiger partial charge in [0.1, 0.15) is 5.82 Å². The van der Waals surface area contributed by atoms with E-state index in [1.165, 1.54) is 48.5 Å². The minimum Gasteiger partial charge on any atom is -0.302 e. The summed E-state index contributed by atoms with van der Waals surface area (Å²) in [5.41, 5.74) is 0.831. The van der Waals surface area contributed by atoms with E-state index in [1.54, 1.807) is 0 Å². The zero-order valence-corrected chi connectivity index (χ0v) is 12.0. The first-order chi connectivity index (χ1) is 11.5. The topological polar surface area (TPSA) is 111 Å². The van der Waals surface area contributed by atoms with Gasteiger partial charge >= 0.3 is 0 Å². The van der Waals surface area contributed by atoms with Crippen LogP contribution in [0.3, 0.4) is 0 Å². The van der Waals surface area contributed by atoms with Crippen molar-refractivity contribution < 1.29 is 18.7 Å². The number of nitro groups is 1. The maximum absolute atomic E-state index is 13.0. The molecule has 0 spiro atoms. The lowest BCUT2D eigenvalue weighted by Gasteiger charge is -2.03. The van der Waals surface area contributed by atoms with Crippen LogP contribution in [-0.4, -0.2) is 21.1 Å². The summed E-state index contributed by atoms with van der Waals surface area (Å²) in [6.07, 6.45) is 0. The lowest BCUT2D eigenvalue weighted by atomic mass is 10.1. The summed E-state index contributed by atoms with van der Waals surface area (Å²) in [6, 6.07) is 10.5. The molecule has 0 saturated heterocycles. The Bertz CT molecular complexity index is 891. The Morgan fingerprint density at radius 2 is 1.75 bits per heavy atom. The Hall–Kier alpha value is -3.62. The van der Waals surface area contributed by atoms with Crippen molar-refractivity contribution in [3.05, 3.63) is 70.0 Å². The fraction of sp³-hybridized carbons (Fsp3) is 0. The van der Waals surface area contributed by atoms with Gasteiger partial charge in [0, 0.05) is 23.3 Å². The van der Waals surface area contributed by atoms with Crippen LogP contribution in [0.1, 0.15) is 10.4 Å². The predicted octanol–water partition coefficient (Wildman–Crippen LogP) is 3.04. The van der Waals surface area contributed by atoms with Gasteiger partial charge in [0.25, 0.3) is 11.6 Å². The van der Waals surface area contributed by atoms with E-state index >= 15 is 0 Å². The molecule has 0 unspecified atom stereocenters. The average Bonchev–Trinajstić information content (AvgIpc) is 3.03. The van der Waals surface area contributed by atoms with Gasteiger partial charge in [-0.05, 0) is 46.7 Å². The number of anilines is 1. The Balaban J connectivity index is 1.81. The second-order valence-electron chi connectivity index (χ2n) is 4.73. The molecule has 2 aromatic carbocycles. The zero-order valence-electron chi connectivity index (χ0n) is 12.0. The van der Waals surface area contributed by atoms with Gasteiger partial charge in [0.05, 0.1) is 4.92 Å². The SMILES string of the molecule is O=C(Nc1nonc1-c1ccc(F)cc1)c1ccc([N+](=O)[O-])cc1. The Morgan fingerprint density at radius 1 is 1.08 bits per heavy atom. The molecular weight excluding hydrogens is 319 g/mol. The highest BCUT2D eigenvalue weighted by Gasteiger charge is 2.17. The molecule has 1 aromatic heterocycles. The van der Waals surface area contributed by atoms with Crippen LogP contribution in [0.5, 0.6) is 0 Å². The van der Waals surface area contributed by atoms with E-state index in [0.29, 0.717) is 5.56 Å². The quantitative estimate of drug-likeness (QED) is 0.582. The number of rotatable bonds is 4. The fourth-order valence-electron chi connectivity index (χ4n) is 1.98. The number of nitrogens with one attached hydrogen (secondary N) is 1.